The fourth-order valence-electron chi connectivity index (χ4n) is 5.48. The number of hydrogen-bond acceptors (Lipinski definition) is 3. The standard InChI is InChI=1S/C30H17N3O/c1-17-18-12-8-13-22-26-19-9-2-3-10-20(19)30-27(21-11-4-7-16-25(21)34-30)29(26)33(28(18)22)32-24-15-6-5-14-23(24)31-17/h2-16H,1H2. The Labute approximate surface area is 193 Å². The lowest BCUT2D eigenvalue weighted by atomic mass is 9.99. The normalized spacial score (nSPS) is 12.2. The van der Waals surface area contributed by atoms with Crippen molar-refractivity contribution in [2.75, 3.05) is 0 Å². The lowest BCUT2D eigenvalue weighted by Crippen LogP contribution is -2.06. The van der Waals surface area contributed by atoms with Crippen molar-refractivity contribution in [2.24, 2.45) is 0 Å². The van der Waals surface area contributed by atoms with Crippen LogP contribution in [-0.2, 0) is 0 Å². The summed E-state index contributed by atoms with van der Waals surface area (Å²) in [5.74, 6) is 0. The lowest BCUT2D eigenvalue weighted by molar-refractivity contribution is 0.673. The average molecular weight is 435 g/mol. The second-order valence-corrected chi connectivity index (χ2v) is 8.73. The maximum Gasteiger partial charge on any atom is 0.145 e. The second-order valence-electron chi connectivity index (χ2n) is 8.73. The molecule has 8 rings (SSSR count). The van der Waals surface area contributed by atoms with Gasteiger partial charge in [-0.15, -0.1) is 0 Å². The molecular formula is C30H17N3O. The van der Waals surface area contributed by atoms with Gasteiger partial charge in [0.05, 0.1) is 27.3 Å². The topological polar surface area (TPSA) is 43.3 Å². The van der Waals surface area contributed by atoms with Crippen LogP contribution >= 0.6 is 0 Å². The first-order valence-electron chi connectivity index (χ1n) is 11.3. The monoisotopic (exact) mass is 435 g/mol. The Bertz CT molecular complexity index is 2200. The van der Waals surface area contributed by atoms with Crippen LogP contribution in [0, 0.1) is 0 Å². The molecule has 0 aliphatic heterocycles. The molecule has 3 aromatic heterocycles. The zero-order valence-electron chi connectivity index (χ0n) is 18.1. The van der Waals surface area contributed by atoms with E-state index in [0.29, 0.717) is 0 Å². The van der Waals surface area contributed by atoms with Crippen LogP contribution in [0.15, 0.2) is 95.4 Å². The molecule has 4 nitrogen and oxygen atoms in total. The van der Waals surface area contributed by atoms with Gasteiger partial charge in [0.2, 0.25) is 0 Å². The van der Waals surface area contributed by atoms with Crippen molar-refractivity contribution in [1.82, 2.24) is 14.6 Å². The SMILES string of the molecule is C=c1nc2ccccc2nn2c3c1cccc3c1c3ccccc3c3oc4ccccc4c3c12. The molecule has 0 atom stereocenters. The Hall–Kier alpha value is -4.70. The summed E-state index contributed by atoms with van der Waals surface area (Å²) in [4.78, 5) is 4.84. The molecule has 5 aromatic carbocycles. The van der Waals surface area contributed by atoms with Crippen LogP contribution in [0.4, 0.5) is 0 Å². The molecule has 4 heteroatoms. The zero-order valence-corrected chi connectivity index (χ0v) is 18.1. The average Bonchev–Trinajstić information content (AvgIpc) is 3.41. The van der Waals surface area contributed by atoms with E-state index in [4.69, 9.17) is 14.5 Å². The second kappa shape index (κ2) is 6.21. The van der Waals surface area contributed by atoms with E-state index in [0.717, 1.165) is 70.9 Å². The quantitative estimate of drug-likeness (QED) is 0.259. The van der Waals surface area contributed by atoms with Crippen molar-refractivity contribution >= 4 is 77.5 Å². The van der Waals surface area contributed by atoms with Crippen molar-refractivity contribution < 1.29 is 4.42 Å². The highest BCUT2D eigenvalue weighted by Gasteiger charge is 2.22. The summed E-state index contributed by atoms with van der Waals surface area (Å²) in [5.41, 5.74) is 5.45. The third kappa shape index (κ3) is 2.12. The first-order valence-corrected chi connectivity index (χ1v) is 11.3. The third-order valence-corrected chi connectivity index (χ3v) is 6.89. The number of benzene rings is 5. The van der Waals surface area contributed by atoms with Gasteiger partial charge < -0.3 is 4.42 Å². The van der Waals surface area contributed by atoms with Crippen LogP contribution in [0.2, 0.25) is 0 Å². The summed E-state index contributed by atoms with van der Waals surface area (Å²) in [6.07, 6.45) is 0. The van der Waals surface area contributed by atoms with Gasteiger partial charge in [0.1, 0.15) is 16.7 Å². The van der Waals surface area contributed by atoms with Crippen LogP contribution in [0.25, 0.3) is 77.5 Å². The minimum Gasteiger partial charge on any atom is -0.455 e. The van der Waals surface area contributed by atoms with E-state index in [-0.39, 0.29) is 0 Å². The number of para-hydroxylation sites is 3. The van der Waals surface area contributed by atoms with Gasteiger partial charge in [0, 0.05) is 26.9 Å². The molecular weight excluding hydrogens is 418 g/mol. The molecule has 158 valence electrons. The highest BCUT2D eigenvalue weighted by molar-refractivity contribution is 6.35. The molecule has 34 heavy (non-hydrogen) atoms. The first-order chi connectivity index (χ1) is 16.8. The summed E-state index contributed by atoms with van der Waals surface area (Å²) in [6, 6.07) is 31.0. The van der Waals surface area contributed by atoms with Gasteiger partial charge in [-0.2, -0.15) is 5.10 Å². The van der Waals surface area contributed by atoms with E-state index in [1.54, 1.807) is 0 Å². The van der Waals surface area contributed by atoms with Crippen molar-refractivity contribution in [3.05, 3.63) is 96.3 Å². The molecule has 0 aliphatic carbocycles. The molecule has 0 saturated carbocycles. The smallest absolute Gasteiger partial charge is 0.145 e. The minimum atomic E-state index is 0.731. The van der Waals surface area contributed by atoms with E-state index in [1.807, 2.05) is 36.4 Å². The van der Waals surface area contributed by atoms with Gasteiger partial charge >= 0.3 is 0 Å². The van der Waals surface area contributed by atoms with Crippen LogP contribution in [0.5, 0.6) is 0 Å². The van der Waals surface area contributed by atoms with Gasteiger partial charge in [-0.25, -0.2) is 9.50 Å². The van der Waals surface area contributed by atoms with Gasteiger partial charge in [0.25, 0.3) is 0 Å². The van der Waals surface area contributed by atoms with Crippen molar-refractivity contribution in [3.63, 3.8) is 0 Å². The molecule has 0 spiro atoms. The highest BCUT2D eigenvalue weighted by atomic mass is 16.3. The van der Waals surface area contributed by atoms with Crippen molar-refractivity contribution in [1.29, 1.82) is 0 Å². The van der Waals surface area contributed by atoms with E-state index < -0.39 is 0 Å². The van der Waals surface area contributed by atoms with Gasteiger partial charge in [-0.05, 0) is 23.6 Å². The molecule has 0 radical (unpaired) electrons. The number of furan rings is 1. The minimum absolute atomic E-state index is 0.731. The summed E-state index contributed by atoms with van der Waals surface area (Å²) in [5, 5.41) is 13.6. The van der Waals surface area contributed by atoms with Gasteiger partial charge in [0.15, 0.2) is 0 Å². The zero-order chi connectivity index (χ0) is 22.4. The van der Waals surface area contributed by atoms with Crippen LogP contribution in [-0.4, -0.2) is 14.6 Å². The Morgan fingerprint density at radius 3 is 2.15 bits per heavy atom. The number of fused-ring (bicyclic) bond motifs is 11. The number of hydrogen-bond donors (Lipinski definition) is 0. The van der Waals surface area contributed by atoms with Crippen LogP contribution in [0.1, 0.15) is 0 Å². The Kier molecular flexibility index (Phi) is 3.25. The van der Waals surface area contributed by atoms with Crippen molar-refractivity contribution in [2.45, 2.75) is 0 Å². The third-order valence-electron chi connectivity index (χ3n) is 6.89. The summed E-state index contributed by atoms with van der Waals surface area (Å²) >= 11 is 0. The molecule has 0 amide bonds. The highest BCUT2D eigenvalue weighted by Crippen LogP contribution is 2.44. The molecule has 0 saturated heterocycles. The lowest BCUT2D eigenvalue weighted by Gasteiger charge is -2.04. The van der Waals surface area contributed by atoms with E-state index in [1.165, 1.54) is 5.39 Å². The maximum absolute atomic E-state index is 6.47. The number of nitrogens with zero attached hydrogens (tertiary/aromatic N) is 3. The Morgan fingerprint density at radius 1 is 0.588 bits per heavy atom. The fourth-order valence-corrected chi connectivity index (χ4v) is 5.48. The molecule has 0 N–H and O–H groups in total. The number of rotatable bonds is 0. The molecule has 0 bridgehead atoms. The molecule has 0 aliphatic rings. The first kappa shape index (κ1) is 17.8. The predicted molar refractivity (Wildman–Crippen MR) is 140 cm³/mol. The number of aromatic nitrogens is 3. The van der Waals surface area contributed by atoms with E-state index in [9.17, 15) is 0 Å². The summed E-state index contributed by atoms with van der Waals surface area (Å²) < 4.78 is 8.57. The maximum atomic E-state index is 6.47. The Morgan fingerprint density at radius 2 is 1.26 bits per heavy atom. The van der Waals surface area contributed by atoms with Gasteiger partial charge in [-0.3, -0.25) is 0 Å². The van der Waals surface area contributed by atoms with Crippen LogP contribution < -0.4 is 5.35 Å². The molecule has 0 fully saturated rings. The molecule has 0 unspecified atom stereocenters. The van der Waals surface area contributed by atoms with Crippen LogP contribution in [0.3, 0.4) is 0 Å². The van der Waals surface area contributed by atoms with E-state index >= 15 is 0 Å². The summed E-state index contributed by atoms with van der Waals surface area (Å²) in [6.45, 7) is 4.33. The van der Waals surface area contributed by atoms with Crippen molar-refractivity contribution in [3.8, 4) is 0 Å². The predicted octanol–water partition coefficient (Wildman–Crippen LogP) is 6.93. The summed E-state index contributed by atoms with van der Waals surface area (Å²) in [7, 11) is 0. The molecule has 3 heterocycles. The van der Waals surface area contributed by atoms with E-state index in [2.05, 4.69) is 65.7 Å². The molecule has 8 aromatic rings. The largest absolute Gasteiger partial charge is 0.455 e. The fraction of sp³-hybridized carbons (Fsp3) is 0. The Balaban J connectivity index is 1.86. The van der Waals surface area contributed by atoms with Gasteiger partial charge in [-0.1, -0.05) is 79.4 Å².